The lowest BCUT2D eigenvalue weighted by Crippen LogP contribution is -2.09. The van der Waals surface area contributed by atoms with Crippen LogP contribution in [0.2, 0.25) is 10.0 Å². The molecule has 4 rings (SSSR count). The van der Waals surface area contributed by atoms with E-state index in [1.54, 1.807) is 6.07 Å². The summed E-state index contributed by atoms with van der Waals surface area (Å²) in [5, 5.41) is 11.2. The van der Waals surface area contributed by atoms with Crippen LogP contribution in [0.3, 0.4) is 0 Å². The van der Waals surface area contributed by atoms with Gasteiger partial charge in [0.05, 0.1) is 12.0 Å². The maximum atomic E-state index is 12.3. The van der Waals surface area contributed by atoms with E-state index >= 15 is 0 Å². The average Bonchev–Trinajstić information content (AvgIpc) is 3.12. The molecule has 0 amide bonds. The van der Waals surface area contributed by atoms with Crippen molar-refractivity contribution in [3.63, 3.8) is 0 Å². The summed E-state index contributed by atoms with van der Waals surface area (Å²) < 4.78 is 7.45. The molecule has 0 fully saturated rings. The molecule has 162 valence electrons. The Morgan fingerprint density at radius 2 is 1.69 bits per heavy atom. The molecule has 0 radical (unpaired) electrons. The summed E-state index contributed by atoms with van der Waals surface area (Å²) >= 11 is 12.4. The largest absolute Gasteiger partial charge is 0.478 e. The topological polar surface area (TPSA) is 68.5 Å². The fourth-order valence-electron chi connectivity index (χ4n) is 3.57. The van der Waals surface area contributed by atoms with E-state index in [1.807, 2.05) is 42.6 Å². The number of carbonyl (C=O) groups is 2. The van der Waals surface area contributed by atoms with Gasteiger partial charge in [-0.3, -0.25) is 4.79 Å². The molecule has 7 heteroatoms. The molecular weight excluding hydrogens is 449 g/mol. The summed E-state index contributed by atoms with van der Waals surface area (Å²) in [4.78, 5) is 23.3. The summed E-state index contributed by atoms with van der Waals surface area (Å²) in [5.74, 6) is -1.09. The van der Waals surface area contributed by atoms with Crippen LogP contribution in [0.15, 0.2) is 72.9 Å². The molecular formula is C25H19Cl2NO4. The second-order valence-electron chi connectivity index (χ2n) is 7.34. The van der Waals surface area contributed by atoms with E-state index in [2.05, 4.69) is 4.57 Å². The highest BCUT2D eigenvalue weighted by molar-refractivity contribution is 6.35. The van der Waals surface area contributed by atoms with Crippen molar-refractivity contribution in [3.8, 4) is 5.75 Å². The lowest BCUT2D eigenvalue weighted by atomic mass is 10.1. The highest BCUT2D eigenvalue weighted by atomic mass is 35.5. The number of fused-ring (bicyclic) bond motifs is 1. The molecule has 0 bridgehead atoms. The number of benzene rings is 3. The first-order valence-corrected chi connectivity index (χ1v) is 10.7. The number of aryl methyl sites for hydroxylation is 1. The van der Waals surface area contributed by atoms with Gasteiger partial charge >= 0.3 is 11.9 Å². The minimum atomic E-state index is -1.03. The smallest absolute Gasteiger partial charge is 0.335 e. The third-order valence-corrected chi connectivity index (χ3v) is 5.75. The van der Waals surface area contributed by atoms with Gasteiger partial charge in [0.2, 0.25) is 0 Å². The Hall–Kier alpha value is -3.28. The molecule has 1 N–H and O–H groups in total. The fraction of sp³-hybridized carbons (Fsp3) is 0.120. The van der Waals surface area contributed by atoms with Crippen molar-refractivity contribution in [3.05, 3.63) is 99.7 Å². The predicted octanol–water partition coefficient (Wildman–Crippen LogP) is 6.23. The minimum Gasteiger partial charge on any atom is -0.478 e. The zero-order valence-corrected chi connectivity index (χ0v) is 18.4. The Morgan fingerprint density at radius 1 is 0.938 bits per heavy atom. The van der Waals surface area contributed by atoms with Crippen molar-refractivity contribution in [2.45, 2.75) is 19.4 Å². The highest BCUT2D eigenvalue weighted by Gasteiger charge is 2.13. The van der Waals surface area contributed by atoms with Gasteiger partial charge in [-0.25, -0.2) is 4.79 Å². The monoisotopic (exact) mass is 467 g/mol. The van der Waals surface area contributed by atoms with Crippen molar-refractivity contribution >= 4 is 46.0 Å². The molecule has 0 aliphatic carbocycles. The van der Waals surface area contributed by atoms with Crippen LogP contribution in [0.4, 0.5) is 0 Å². The van der Waals surface area contributed by atoms with Crippen LogP contribution in [0.5, 0.6) is 5.75 Å². The number of aromatic nitrogens is 1. The van der Waals surface area contributed by atoms with Gasteiger partial charge in [-0.05, 0) is 60.0 Å². The summed E-state index contributed by atoms with van der Waals surface area (Å²) in [5.41, 5.74) is 3.17. The molecule has 1 heterocycles. The maximum Gasteiger partial charge on any atom is 0.335 e. The lowest BCUT2D eigenvalue weighted by Gasteiger charge is -2.08. The van der Waals surface area contributed by atoms with Gasteiger partial charge in [0, 0.05) is 33.7 Å². The number of halogens is 2. The van der Waals surface area contributed by atoms with E-state index < -0.39 is 5.97 Å². The molecule has 3 aromatic carbocycles. The van der Waals surface area contributed by atoms with Gasteiger partial charge in [-0.15, -0.1) is 0 Å². The maximum absolute atomic E-state index is 12.3. The van der Waals surface area contributed by atoms with E-state index in [9.17, 15) is 9.59 Å². The van der Waals surface area contributed by atoms with Crippen LogP contribution >= 0.6 is 23.2 Å². The number of carbonyl (C=O) groups excluding carboxylic acids is 1. The Morgan fingerprint density at radius 3 is 2.41 bits per heavy atom. The number of esters is 1. The molecule has 0 aliphatic rings. The quantitative estimate of drug-likeness (QED) is 0.258. The second-order valence-corrected chi connectivity index (χ2v) is 8.18. The Labute approximate surface area is 194 Å². The summed E-state index contributed by atoms with van der Waals surface area (Å²) in [7, 11) is 0. The molecule has 0 atom stereocenters. The first-order valence-electron chi connectivity index (χ1n) is 9.95. The Balaban J connectivity index is 1.48. The van der Waals surface area contributed by atoms with Gasteiger partial charge < -0.3 is 14.4 Å². The highest BCUT2D eigenvalue weighted by Crippen LogP contribution is 2.27. The molecule has 5 nitrogen and oxygen atoms in total. The normalized spacial score (nSPS) is 10.9. The molecule has 0 spiro atoms. The van der Waals surface area contributed by atoms with Crippen LogP contribution in [0.1, 0.15) is 27.9 Å². The number of rotatable bonds is 7. The number of nitrogens with zero attached hydrogens (tertiary/aromatic N) is 1. The standard InChI is InChI=1S/C25H19Cl2NO4/c26-19-9-5-18(22(27)13-19)15-28-14-17(21-3-1-2-4-23(21)28)8-12-24(29)32-20-10-6-16(7-11-20)25(30)31/h1-7,9-11,13-14H,8,12,15H2,(H,30,31). The summed E-state index contributed by atoms with van der Waals surface area (Å²) in [6.07, 6.45) is 2.73. The van der Waals surface area contributed by atoms with Gasteiger partial charge in [-0.1, -0.05) is 47.5 Å². The van der Waals surface area contributed by atoms with Gasteiger partial charge in [0.25, 0.3) is 0 Å². The van der Waals surface area contributed by atoms with Gasteiger partial charge in [-0.2, -0.15) is 0 Å². The third kappa shape index (κ3) is 4.96. The Bertz CT molecular complexity index is 1300. The number of ether oxygens (including phenoxy) is 1. The van der Waals surface area contributed by atoms with E-state index in [-0.39, 0.29) is 18.0 Å². The number of hydrogen-bond donors (Lipinski definition) is 1. The van der Waals surface area contributed by atoms with Crippen molar-refractivity contribution in [2.24, 2.45) is 0 Å². The van der Waals surface area contributed by atoms with Gasteiger partial charge in [0.1, 0.15) is 5.75 Å². The fourth-order valence-corrected chi connectivity index (χ4v) is 4.04. The second kappa shape index (κ2) is 9.47. The van der Waals surface area contributed by atoms with Crippen molar-refractivity contribution in [1.29, 1.82) is 0 Å². The van der Waals surface area contributed by atoms with E-state index in [0.717, 1.165) is 22.0 Å². The van der Waals surface area contributed by atoms with Crippen molar-refractivity contribution in [2.75, 3.05) is 0 Å². The predicted molar refractivity (Wildman–Crippen MR) is 125 cm³/mol. The number of carboxylic acids is 1. The number of hydrogen-bond acceptors (Lipinski definition) is 3. The van der Waals surface area contributed by atoms with Crippen molar-refractivity contribution in [1.82, 2.24) is 4.57 Å². The average molecular weight is 468 g/mol. The van der Waals surface area contributed by atoms with Crippen LogP contribution in [0.25, 0.3) is 10.9 Å². The minimum absolute atomic E-state index is 0.137. The van der Waals surface area contributed by atoms with E-state index in [1.165, 1.54) is 24.3 Å². The van der Waals surface area contributed by atoms with Crippen LogP contribution in [-0.4, -0.2) is 21.6 Å². The lowest BCUT2D eigenvalue weighted by molar-refractivity contribution is -0.134. The molecule has 4 aromatic rings. The number of aromatic carboxylic acids is 1. The van der Waals surface area contributed by atoms with Crippen LogP contribution < -0.4 is 4.74 Å². The molecule has 32 heavy (non-hydrogen) atoms. The van der Waals surface area contributed by atoms with E-state index in [0.29, 0.717) is 28.8 Å². The van der Waals surface area contributed by atoms with Gasteiger partial charge in [0.15, 0.2) is 0 Å². The molecule has 0 saturated carbocycles. The SMILES string of the molecule is O=C(CCc1cn(Cc2ccc(Cl)cc2Cl)c2ccccc12)Oc1ccc(C(=O)O)cc1. The first-order chi connectivity index (χ1) is 15.4. The first kappa shape index (κ1) is 21.9. The van der Waals surface area contributed by atoms with Crippen LogP contribution in [-0.2, 0) is 17.8 Å². The third-order valence-electron chi connectivity index (χ3n) is 5.16. The van der Waals surface area contributed by atoms with Crippen LogP contribution in [0, 0.1) is 0 Å². The molecule has 1 aromatic heterocycles. The number of para-hydroxylation sites is 1. The molecule has 0 aliphatic heterocycles. The molecule has 0 saturated heterocycles. The summed E-state index contributed by atoms with van der Waals surface area (Å²) in [6, 6.07) is 19.2. The van der Waals surface area contributed by atoms with Crippen molar-refractivity contribution < 1.29 is 19.4 Å². The Kier molecular flexibility index (Phi) is 6.49. The zero-order valence-electron chi connectivity index (χ0n) is 16.9. The molecule has 0 unspecified atom stereocenters. The van der Waals surface area contributed by atoms with E-state index in [4.69, 9.17) is 33.0 Å². The zero-order chi connectivity index (χ0) is 22.7. The summed E-state index contributed by atoms with van der Waals surface area (Å²) in [6.45, 7) is 0.580. The number of carboxylic acid groups (broad SMARTS) is 1.